The van der Waals surface area contributed by atoms with Crippen molar-refractivity contribution in [1.82, 2.24) is 0 Å². The second-order valence-electron chi connectivity index (χ2n) is 5.10. The van der Waals surface area contributed by atoms with Gasteiger partial charge in [-0.15, -0.1) is 11.3 Å². The molecule has 0 radical (unpaired) electrons. The molecule has 0 fully saturated rings. The molecule has 0 amide bonds. The van der Waals surface area contributed by atoms with E-state index in [4.69, 9.17) is 11.6 Å². The van der Waals surface area contributed by atoms with Gasteiger partial charge in [-0.1, -0.05) is 35.9 Å². The van der Waals surface area contributed by atoms with Gasteiger partial charge >= 0.3 is 0 Å². The average molecular weight is 428 g/mol. The summed E-state index contributed by atoms with van der Waals surface area (Å²) in [6.45, 7) is 0. The molecule has 0 bridgehead atoms. The Hall–Kier alpha value is -1.14. The zero-order valence-electron chi connectivity index (χ0n) is 12.1. The van der Waals surface area contributed by atoms with Crippen molar-refractivity contribution in [3.8, 4) is 22.3 Å². The largest absolute Gasteiger partial charge is 0.224 e. The summed E-state index contributed by atoms with van der Waals surface area (Å²) in [5.41, 5.74) is 4.18. The van der Waals surface area contributed by atoms with E-state index >= 15 is 0 Å². The van der Waals surface area contributed by atoms with Crippen molar-refractivity contribution in [2.45, 2.75) is 4.90 Å². The van der Waals surface area contributed by atoms with E-state index in [1.54, 1.807) is 23.5 Å². The third-order valence-corrected chi connectivity index (χ3v) is 6.57. The molecule has 0 aliphatic carbocycles. The predicted octanol–water partition coefficient (Wildman–Crippen LogP) is 5.90. The van der Waals surface area contributed by atoms with Gasteiger partial charge in [-0.05, 0) is 51.3 Å². The number of thiophene rings is 1. The highest BCUT2D eigenvalue weighted by Crippen LogP contribution is 2.42. The van der Waals surface area contributed by atoms with Crippen LogP contribution in [0.1, 0.15) is 0 Å². The fraction of sp³-hybridized carbons (Fsp3) is 0.0588. The Morgan fingerprint density at radius 3 is 2.09 bits per heavy atom. The van der Waals surface area contributed by atoms with Crippen molar-refractivity contribution in [2.75, 3.05) is 6.26 Å². The van der Waals surface area contributed by atoms with E-state index in [0.29, 0.717) is 9.92 Å². The molecule has 0 saturated carbocycles. The van der Waals surface area contributed by atoms with Crippen LogP contribution < -0.4 is 0 Å². The number of halogens is 2. The molecule has 0 N–H and O–H groups in total. The third kappa shape index (κ3) is 3.53. The maximum absolute atomic E-state index is 11.6. The molecule has 3 aromatic rings. The summed E-state index contributed by atoms with van der Waals surface area (Å²) in [5, 5.41) is 2.75. The Kier molecular flexibility index (Phi) is 4.65. The lowest BCUT2D eigenvalue weighted by Crippen LogP contribution is -1.96. The molecule has 0 saturated heterocycles. The highest BCUT2D eigenvalue weighted by molar-refractivity contribution is 9.11. The summed E-state index contributed by atoms with van der Waals surface area (Å²) < 4.78 is 24.2. The van der Waals surface area contributed by atoms with Crippen molar-refractivity contribution < 1.29 is 8.42 Å². The lowest BCUT2D eigenvalue weighted by atomic mass is 9.99. The lowest BCUT2D eigenvalue weighted by molar-refractivity contribution is 0.602. The number of rotatable bonds is 3. The molecule has 6 heteroatoms. The predicted molar refractivity (Wildman–Crippen MR) is 101 cm³/mol. The van der Waals surface area contributed by atoms with E-state index in [1.807, 2.05) is 36.4 Å². The standard InChI is InChI=1S/C17H12BrClO2S2/c1-23(20,21)14-8-4-11(5-9-14)15-10-22-17(18)16(15)12-2-6-13(19)7-3-12/h2-10H,1H3. The van der Waals surface area contributed by atoms with Crippen LogP contribution >= 0.6 is 38.9 Å². The molecule has 1 heterocycles. The van der Waals surface area contributed by atoms with Crippen LogP contribution in [0.4, 0.5) is 0 Å². The van der Waals surface area contributed by atoms with Crippen LogP contribution in [0.2, 0.25) is 5.02 Å². The first kappa shape index (κ1) is 16.7. The molecule has 0 spiro atoms. The molecule has 3 rings (SSSR count). The zero-order valence-corrected chi connectivity index (χ0v) is 16.1. The molecule has 118 valence electrons. The summed E-state index contributed by atoms with van der Waals surface area (Å²) in [6.07, 6.45) is 1.21. The zero-order chi connectivity index (χ0) is 16.6. The Bertz CT molecular complexity index is 943. The smallest absolute Gasteiger partial charge is 0.175 e. The van der Waals surface area contributed by atoms with Gasteiger partial charge in [-0.25, -0.2) is 8.42 Å². The number of sulfone groups is 1. The van der Waals surface area contributed by atoms with Gasteiger partial charge in [0.1, 0.15) is 0 Å². The van der Waals surface area contributed by atoms with E-state index in [0.717, 1.165) is 26.0 Å². The van der Waals surface area contributed by atoms with Crippen LogP contribution in [-0.4, -0.2) is 14.7 Å². The molecule has 0 aliphatic heterocycles. The first-order valence-corrected chi connectivity index (χ1v) is 10.6. The first-order valence-electron chi connectivity index (χ1n) is 6.69. The second kappa shape index (κ2) is 6.40. The highest BCUT2D eigenvalue weighted by Gasteiger charge is 2.15. The first-order chi connectivity index (χ1) is 10.9. The fourth-order valence-electron chi connectivity index (χ4n) is 2.31. The Balaban J connectivity index is 2.10. The number of benzene rings is 2. The molecular weight excluding hydrogens is 416 g/mol. The summed E-state index contributed by atoms with van der Waals surface area (Å²) in [7, 11) is -3.18. The second-order valence-corrected chi connectivity index (χ2v) is 9.75. The highest BCUT2D eigenvalue weighted by atomic mass is 79.9. The van der Waals surface area contributed by atoms with Gasteiger partial charge in [0.2, 0.25) is 0 Å². The van der Waals surface area contributed by atoms with Crippen molar-refractivity contribution in [3.63, 3.8) is 0 Å². The molecule has 2 nitrogen and oxygen atoms in total. The van der Waals surface area contributed by atoms with E-state index in [2.05, 4.69) is 21.3 Å². The maximum Gasteiger partial charge on any atom is 0.175 e. The van der Waals surface area contributed by atoms with Crippen molar-refractivity contribution in [1.29, 1.82) is 0 Å². The van der Waals surface area contributed by atoms with Crippen LogP contribution in [0.15, 0.2) is 62.6 Å². The number of hydrogen-bond acceptors (Lipinski definition) is 3. The normalized spacial score (nSPS) is 11.6. The van der Waals surface area contributed by atoms with Crippen molar-refractivity contribution in [3.05, 3.63) is 62.7 Å². The molecule has 0 unspecified atom stereocenters. The topological polar surface area (TPSA) is 34.1 Å². The number of hydrogen-bond donors (Lipinski definition) is 0. The minimum atomic E-state index is -3.18. The molecule has 0 atom stereocenters. The molecule has 2 aromatic carbocycles. The Morgan fingerprint density at radius 2 is 1.52 bits per heavy atom. The SMILES string of the molecule is CS(=O)(=O)c1ccc(-c2csc(Br)c2-c2ccc(Cl)cc2)cc1. The Labute approximate surface area is 152 Å². The van der Waals surface area contributed by atoms with Gasteiger partial charge in [0.15, 0.2) is 9.84 Å². The van der Waals surface area contributed by atoms with Crippen LogP contribution in [0.3, 0.4) is 0 Å². The van der Waals surface area contributed by atoms with E-state index in [-0.39, 0.29) is 0 Å². The molecule has 0 aliphatic rings. The monoisotopic (exact) mass is 426 g/mol. The van der Waals surface area contributed by atoms with Crippen LogP contribution in [-0.2, 0) is 9.84 Å². The maximum atomic E-state index is 11.6. The van der Waals surface area contributed by atoms with Gasteiger partial charge in [0.05, 0.1) is 8.68 Å². The Morgan fingerprint density at radius 1 is 0.957 bits per heavy atom. The van der Waals surface area contributed by atoms with Gasteiger partial charge in [0, 0.05) is 27.8 Å². The van der Waals surface area contributed by atoms with Crippen LogP contribution in [0.25, 0.3) is 22.3 Å². The molecule has 23 heavy (non-hydrogen) atoms. The minimum Gasteiger partial charge on any atom is -0.224 e. The fourth-order valence-corrected chi connectivity index (χ4v) is 4.61. The van der Waals surface area contributed by atoms with Gasteiger partial charge in [0.25, 0.3) is 0 Å². The van der Waals surface area contributed by atoms with E-state index < -0.39 is 9.84 Å². The summed E-state index contributed by atoms with van der Waals surface area (Å²) >= 11 is 11.2. The molecule has 1 aromatic heterocycles. The van der Waals surface area contributed by atoms with Crippen LogP contribution in [0.5, 0.6) is 0 Å². The van der Waals surface area contributed by atoms with Crippen LogP contribution in [0, 0.1) is 0 Å². The van der Waals surface area contributed by atoms with E-state index in [1.165, 1.54) is 6.26 Å². The van der Waals surface area contributed by atoms with E-state index in [9.17, 15) is 8.42 Å². The minimum absolute atomic E-state index is 0.323. The summed E-state index contributed by atoms with van der Waals surface area (Å²) in [4.78, 5) is 0.323. The van der Waals surface area contributed by atoms with Gasteiger partial charge in [-0.2, -0.15) is 0 Å². The lowest BCUT2D eigenvalue weighted by Gasteiger charge is -2.07. The van der Waals surface area contributed by atoms with Gasteiger partial charge in [-0.3, -0.25) is 0 Å². The van der Waals surface area contributed by atoms with Crippen molar-refractivity contribution in [2.24, 2.45) is 0 Å². The van der Waals surface area contributed by atoms with Crippen molar-refractivity contribution >= 4 is 48.7 Å². The summed E-state index contributed by atoms with van der Waals surface area (Å²) in [6, 6.07) is 14.6. The average Bonchev–Trinajstić information content (AvgIpc) is 2.89. The molecular formula is C17H12BrClO2S2. The third-order valence-electron chi connectivity index (χ3n) is 3.47. The van der Waals surface area contributed by atoms with Gasteiger partial charge < -0.3 is 0 Å². The summed E-state index contributed by atoms with van der Waals surface area (Å²) in [5.74, 6) is 0. The quantitative estimate of drug-likeness (QED) is 0.521.